The Balaban J connectivity index is 1.92. The molecule has 3 aromatic rings. The summed E-state index contributed by atoms with van der Waals surface area (Å²) in [6, 6.07) is 13.7. The van der Waals surface area contributed by atoms with E-state index in [1.54, 1.807) is 42.6 Å². The van der Waals surface area contributed by atoms with Crippen LogP contribution in [0.3, 0.4) is 0 Å². The number of nitrogens with one attached hydrogen (secondary N) is 1. The molecular weight excluding hydrogens is 321 g/mol. The van der Waals surface area contributed by atoms with Gasteiger partial charge in [0.1, 0.15) is 5.75 Å². The molecule has 0 saturated carbocycles. The van der Waals surface area contributed by atoms with Gasteiger partial charge in [-0.1, -0.05) is 29.3 Å². The lowest BCUT2D eigenvalue weighted by Gasteiger charge is -2.08. The maximum atomic E-state index is 9.48. The molecule has 110 valence electrons. The fourth-order valence-corrected chi connectivity index (χ4v) is 2.48. The third-order valence-electron chi connectivity index (χ3n) is 2.96. The normalized spacial score (nSPS) is 10.5. The van der Waals surface area contributed by atoms with Crippen LogP contribution >= 0.6 is 23.2 Å². The van der Waals surface area contributed by atoms with Gasteiger partial charge >= 0.3 is 0 Å². The Hall–Kier alpha value is -2.30. The Labute approximate surface area is 137 Å². The van der Waals surface area contributed by atoms with Crippen molar-refractivity contribution in [3.63, 3.8) is 0 Å². The highest BCUT2D eigenvalue weighted by Crippen LogP contribution is 2.29. The maximum absolute atomic E-state index is 9.48. The monoisotopic (exact) mass is 331 g/mol. The molecule has 0 aliphatic carbocycles. The van der Waals surface area contributed by atoms with Crippen molar-refractivity contribution in [3.8, 4) is 17.0 Å². The number of rotatable bonds is 3. The van der Waals surface area contributed by atoms with E-state index in [-0.39, 0.29) is 5.75 Å². The highest BCUT2D eigenvalue weighted by Gasteiger charge is 2.07. The topological polar surface area (TPSA) is 58.0 Å². The molecule has 2 N–H and O–H groups in total. The van der Waals surface area contributed by atoms with Crippen LogP contribution in [0.5, 0.6) is 5.75 Å². The number of benzene rings is 2. The summed E-state index contributed by atoms with van der Waals surface area (Å²) in [5.74, 6) is 0.580. The number of hydrogen-bond donors (Lipinski definition) is 2. The molecule has 1 aromatic heterocycles. The summed E-state index contributed by atoms with van der Waals surface area (Å²) < 4.78 is 0. The van der Waals surface area contributed by atoms with E-state index in [0.29, 0.717) is 27.4 Å². The first kappa shape index (κ1) is 14.6. The van der Waals surface area contributed by atoms with E-state index in [0.717, 1.165) is 5.56 Å². The SMILES string of the molecule is Oc1cccc(Nc2nccc(-c3ccc(Cl)cc3Cl)n2)c1. The molecule has 0 spiro atoms. The molecule has 0 saturated heterocycles. The van der Waals surface area contributed by atoms with Gasteiger partial charge in [-0.25, -0.2) is 9.97 Å². The molecule has 0 aliphatic heterocycles. The molecule has 0 amide bonds. The average Bonchev–Trinajstić information content (AvgIpc) is 2.47. The molecule has 0 unspecified atom stereocenters. The fourth-order valence-electron chi connectivity index (χ4n) is 1.98. The van der Waals surface area contributed by atoms with Gasteiger partial charge in [0.25, 0.3) is 0 Å². The van der Waals surface area contributed by atoms with Gasteiger partial charge in [0.2, 0.25) is 5.95 Å². The van der Waals surface area contributed by atoms with Gasteiger partial charge < -0.3 is 10.4 Å². The summed E-state index contributed by atoms with van der Waals surface area (Å²) in [6.45, 7) is 0. The lowest BCUT2D eigenvalue weighted by molar-refractivity contribution is 0.475. The molecule has 4 nitrogen and oxygen atoms in total. The van der Waals surface area contributed by atoms with E-state index >= 15 is 0 Å². The summed E-state index contributed by atoms with van der Waals surface area (Å²) in [7, 11) is 0. The van der Waals surface area contributed by atoms with Gasteiger partial charge in [0.05, 0.1) is 10.7 Å². The van der Waals surface area contributed by atoms with E-state index in [2.05, 4.69) is 15.3 Å². The van der Waals surface area contributed by atoms with Crippen LogP contribution in [0, 0.1) is 0 Å². The van der Waals surface area contributed by atoms with Gasteiger partial charge in [-0.05, 0) is 36.4 Å². The maximum Gasteiger partial charge on any atom is 0.227 e. The molecule has 0 atom stereocenters. The smallest absolute Gasteiger partial charge is 0.227 e. The van der Waals surface area contributed by atoms with Gasteiger partial charge in [0, 0.05) is 28.5 Å². The fraction of sp³-hybridized carbons (Fsp3) is 0. The van der Waals surface area contributed by atoms with Crippen LogP contribution < -0.4 is 5.32 Å². The second-order valence-corrected chi connectivity index (χ2v) is 5.41. The van der Waals surface area contributed by atoms with Crippen LogP contribution in [0.25, 0.3) is 11.3 Å². The van der Waals surface area contributed by atoms with Crippen LogP contribution in [0.4, 0.5) is 11.6 Å². The first-order chi connectivity index (χ1) is 10.6. The number of halogens is 2. The van der Waals surface area contributed by atoms with Crippen LogP contribution in [0.15, 0.2) is 54.7 Å². The summed E-state index contributed by atoms with van der Waals surface area (Å²) >= 11 is 12.1. The van der Waals surface area contributed by atoms with Gasteiger partial charge in [-0.2, -0.15) is 0 Å². The third-order valence-corrected chi connectivity index (χ3v) is 3.51. The van der Waals surface area contributed by atoms with Crippen molar-refractivity contribution in [1.29, 1.82) is 0 Å². The van der Waals surface area contributed by atoms with Crippen LogP contribution in [0.2, 0.25) is 10.0 Å². The van der Waals surface area contributed by atoms with Crippen molar-refractivity contribution in [2.24, 2.45) is 0 Å². The molecule has 2 aromatic carbocycles. The highest BCUT2D eigenvalue weighted by molar-refractivity contribution is 6.36. The number of aromatic nitrogens is 2. The Morgan fingerprint density at radius 2 is 1.86 bits per heavy atom. The summed E-state index contributed by atoms with van der Waals surface area (Å²) in [5, 5.41) is 13.6. The highest BCUT2D eigenvalue weighted by atomic mass is 35.5. The number of aromatic hydroxyl groups is 1. The summed E-state index contributed by atoms with van der Waals surface area (Å²) in [4.78, 5) is 8.59. The van der Waals surface area contributed by atoms with E-state index in [1.165, 1.54) is 0 Å². The Morgan fingerprint density at radius 3 is 2.64 bits per heavy atom. The molecule has 3 rings (SSSR count). The quantitative estimate of drug-likeness (QED) is 0.716. The van der Waals surface area contributed by atoms with Crippen molar-refractivity contribution in [2.45, 2.75) is 0 Å². The zero-order valence-corrected chi connectivity index (χ0v) is 12.8. The van der Waals surface area contributed by atoms with Crippen LogP contribution in [-0.2, 0) is 0 Å². The Kier molecular flexibility index (Phi) is 4.13. The minimum absolute atomic E-state index is 0.168. The van der Waals surface area contributed by atoms with Crippen LogP contribution in [0.1, 0.15) is 0 Å². The molecule has 0 fully saturated rings. The molecule has 1 heterocycles. The molecule has 0 aliphatic rings. The van der Waals surface area contributed by atoms with Gasteiger partial charge in [-0.3, -0.25) is 0 Å². The number of nitrogens with zero attached hydrogens (tertiary/aromatic N) is 2. The predicted octanol–water partition coefficient (Wildman–Crippen LogP) is 4.90. The minimum Gasteiger partial charge on any atom is -0.508 e. The Bertz CT molecular complexity index is 824. The second-order valence-electron chi connectivity index (χ2n) is 4.56. The molecule has 0 bridgehead atoms. The third kappa shape index (κ3) is 3.30. The van der Waals surface area contributed by atoms with Crippen LogP contribution in [-0.4, -0.2) is 15.1 Å². The van der Waals surface area contributed by atoms with Crippen molar-refractivity contribution in [1.82, 2.24) is 9.97 Å². The lowest BCUT2D eigenvalue weighted by Crippen LogP contribution is -1.97. The van der Waals surface area contributed by atoms with Crippen molar-refractivity contribution in [3.05, 3.63) is 64.8 Å². The summed E-state index contributed by atoms with van der Waals surface area (Å²) in [6.07, 6.45) is 1.64. The largest absolute Gasteiger partial charge is 0.508 e. The zero-order chi connectivity index (χ0) is 15.5. The number of hydrogen-bond acceptors (Lipinski definition) is 4. The second kappa shape index (κ2) is 6.22. The molecular formula is C16H11Cl2N3O. The van der Waals surface area contributed by atoms with Crippen molar-refractivity contribution in [2.75, 3.05) is 5.32 Å². The van der Waals surface area contributed by atoms with E-state index < -0.39 is 0 Å². The first-order valence-electron chi connectivity index (χ1n) is 6.46. The lowest BCUT2D eigenvalue weighted by atomic mass is 10.1. The van der Waals surface area contributed by atoms with Gasteiger partial charge in [0.15, 0.2) is 0 Å². The predicted molar refractivity (Wildman–Crippen MR) is 88.9 cm³/mol. The average molecular weight is 332 g/mol. The molecule has 0 radical (unpaired) electrons. The number of phenolic OH excluding ortho intramolecular Hbond substituents is 1. The number of phenols is 1. The van der Waals surface area contributed by atoms with Crippen molar-refractivity contribution >= 4 is 34.8 Å². The van der Waals surface area contributed by atoms with E-state index in [9.17, 15) is 5.11 Å². The first-order valence-corrected chi connectivity index (χ1v) is 7.22. The molecule has 22 heavy (non-hydrogen) atoms. The number of anilines is 2. The molecule has 6 heteroatoms. The minimum atomic E-state index is 0.168. The standard InChI is InChI=1S/C16H11Cl2N3O/c17-10-4-5-13(14(18)8-10)15-6-7-19-16(21-15)20-11-2-1-3-12(22)9-11/h1-9,22H,(H,19,20,21). The zero-order valence-electron chi connectivity index (χ0n) is 11.3. The Morgan fingerprint density at radius 1 is 1.00 bits per heavy atom. The van der Waals surface area contributed by atoms with E-state index in [4.69, 9.17) is 23.2 Å². The van der Waals surface area contributed by atoms with Crippen molar-refractivity contribution < 1.29 is 5.11 Å². The van der Waals surface area contributed by atoms with Gasteiger partial charge in [-0.15, -0.1) is 0 Å². The summed E-state index contributed by atoms with van der Waals surface area (Å²) in [5.41, 5.74) is 2.14. The van der Waals surface area contributed by atoms with E-state index in [1.807, 2.05) is 12.1 Å².